The van der Waals surface area contributed by atoms with E-state index in [1.165, 1.54) is 0 Å². The van der Waals surface area contributed by atoms with Gasteiger partial charge in [0.25, 0.3) is 0 Å². The van der Waals surface area contributed by atoms with E-state index < -0.39 is 0 Å². The van der Waals surface area contributed by atoms with Gasteiger partial charge in [0, 0.05) is 18.1 Å². The van der Waals surface area contributed by atoms with Gasteiger partial charge < -0.3 is 15.3 Å². The van der Waals surface area contributed by atoms with E-state index in [0.29, 0.717) is 5.92 Å². The number of nitrogens with zero attached hydrogens (tertiary/aromatic N) is 2. The number of carbonyl (C=O) groups excluding carboxylic acids is 1. The smallest absolute Gasteiger partial charge is 0.318 e. The van der Waals surface area contributed by atoms with Gasteiger partial charge in [0.2, 0.25) is 0 Å². The number of hydrogen-bond donors (Lipinski definition) is 2. The molecule has 3 rings (SSSR count). The molecule has 2 atom stereocenters. The Labute approximate surface area is 116 Å². The van der Waals surface area contributed by atoms with Crippen LogP contribution < -0.4 is 5.32 Å². The Morgan fingerprint density at radius 3 is 3.05 bits per heavy atom. The van der Waals surface area contributed by atoms with Crippen LogP contribution in [0.4, 0.5) is 4.79 Å². The molecule has 0 unspecified atom stereocenters. The third-order valence-corrected chi connectivity index (χ3v) is 4.80. The largest absolute Gasteiger partial charge is 0.394 e. The molecule has 1 saturated heterocycles. The Balaban J connectivity index is 1.67. The molecule has 5 nitrogen and oxygen atoms in total. The summed E-state index contributed by atoms with van der Waals surface area (Å²) in [5, 5.41) is 15.3. The Morgan fingerprint density at radius 2 is 2.42 bits per heavy atom. The molecule has 6 heteroatoms. The lowest BCUT2D eigenvalue weighted by atomic mass is 10.2. The van der Waals surface area contributed by atoms with Gasteiger partial charge in [0.15, 0.2) is 0 Å². The first-order valence-corrected chi connectivity index (χ1v) is 7.75. The Kier molecular flexibility index (Phi) is 3.70. The van der Waals surface area contributed by atoms with E-state index in [4.69, 9.17) is 0 Å². The standard InChI is InChI=1S/C13H19N3O2S/c17-8-10-2-1-6-16(10)13(18)15-11(9-3-4-9)12-14-5-7-19-12/h5,7,9-11,17H,1-4,6,8H2,(H,15,18)/t10-,11+/m1/s1. The SMILES string of the molecule is O=C(N[C@H](c1nccs1)C1CC1)N1CCC[C@@H]1CO. The quantitative estimate of drug-likeness (QED) is 0.884. The van der Waals surface area contributed by atoms with Crippen molar-refractivity contribution in [2.75, 3.05) is 13.2 Å². The predicted octanol–water partition coefficient (Wildman–Crippen LogP) is 1.76. The molecule has 0 spiro atoms. The first-order valence-electron chi connectivity index (χ1n) is 6.87. The zero-order valence-electron chi connectivity index (χ0n) is 10.8. The first kappa shape index (κ1) is 12.9. The molecule has 104 valence electrons. The molecule has 2 fully saturated rings. The van der Waals surface area contributed by atoms with Crippen molar-refractivity contribution in [1.29, 1.82) is 0 Å². The highest BCUT2D eigenvalue weighted by Crippen LogP contribution is 2.41. The van der Waals surface area contributed by atoms with Crippen molar-refractivity contribution in [3.05, 3.63) is 16.6 Å². The summed E-state index contributed by atoms with van der Waals surface area (Å²) in [6.07, 6.45) is 5.98. The molecule has 0 radical (unpaired) electrons. The zero-order chi connectivity index (χ0) is 13.2. The van der Waals surface area contributed by atoms with Crippen LogP contribution in [0.15, 0.2) is 11.6 Å². The van der Waals surface area contributed by atoms with Crippen molar-refractivity contribution < 1.29 is 9.90 Å². The number of urea groups is 1. The summed E-state index contributed by atoms with van der Waals surface area (Å²) in [4.78, 5) is 18.4. The molecule has 2 heterocycles. The minimum atomic E-state index is -0.0522. The monoisotopic (exact) mass is 281 g/mol. The fourth-order valence-electron chi connectivity index (χ4n) is 2.71. The molecular weight excluding hydrogens is 262 g/mol. The molecule has 1 aliphatic carbocycles. The summed E-state index contributed by atoms with van der Waals surface area (Å²) in [6.45, 7) is 0.797. The van der Waals surface area contributed by atoms with Crippen molar-refractivity contribution in [3.8, 4) is 0 Å². The number of thiazole rings is 1. The summed E-state index contributed by atoms with van der Waals surface area (Å²) in [5.41, 5.74) is 0. The van der Waals surface area contributed by atoms with Crippen LogP contribution in [-0.4, -0.2) is 40.2 Å². The number of amides is 2. The van der Waals surface area contributed by atoms with Crippen LogP contribution in [0.3, 0.4) is 0 Å². The number of aromatic nitrogens is 1. The maximum Gasteiger partial charge on any atom is 0.318 e. The van der Waals surface area contributed by atoms with Crippen molar-refractivity contribution in [1.82, 2.24) is 15.2 Å². The Hall–Kier alpha value is -1.14. The molecule has 1 saturated carbocycles. The van der Waals surface area contributed by atoms with Crippen LogP contribution in [0.25, 0.3) is 0 Å². The highest BCUT2D eigenvalue weighted by molar-refractivity contribution is 7.09. The van der Waals surface area contributed by atoms with Crippen LogP contribution in [0, 0.1) is 5.92 Å². The predicted molar refractivity (Wildman–Crippen MR) is 72.9 cm³/mol. The molecule has 1 aliphatic heterocycles. The highest BCUT2D eigenvalue weighted by atomic mass is 32.1. The number of aliphatic hydroxyl groups excluding tert-OH is 1. The van der Waals surface area contributed by atoms with Crippen molar-refractivity contribution in [3.63, 3.8) is 0 Å². The van der Waals surface area contributed by atoms with Gasteiger partial charge in [-0.3, -0.25) is 0 Å². The number of nitrogens with one attached hydrogen (secondary N) is 1. The minimum Gasteiger partial charge on any atom is -0.394 e. The molecule has 1 aromatic rings. The second kappa shape index (κ2) is 5.46. The van der Waals surface area contributed by atoms with Crippen LogP contribution in [0.1, 0.15) is 36.7 Å². The van der Waals surface area contributed by atoms with Gasteiger partial charge in [-0.2, -0.15) is 0 Å². The maximum absolute atomic E-state index is 12.3. The lowest BCUT2D eigenvalue weighted by Gasteiger charge is -2.26. The highest BCUT2D eigenvalue weighted by Gasteiger charge is 2.37. The van der Waals surface area contributed by atoms with Gasteiger partial charge in [-0.05, 0) is 31.6 Å². The van der Waals surface area contributed by atoms with E-state index in [0.717, 1.165) is 37.2 Å². The van der Waals surface area contributed by atoms with Crippen LogP contribution in [-0.2, 0) is 0 Å². The van der Waals surface area contributed by atoms with E-state index >= 15 is 0 Å². The van der Waals surface area contributed by atoms with E-state index in [1.54, 1.807) is 22.4 Å². The lowest BCUT2D eigenvalue weighted by molar-refractivity contribution is 0.153. The van der Waals surface area contributed by atoms with Crippen LogP contribution >= 0.6 is 11.3 Å². The average molecular weight is 281 g/mol. The number of aliphatic hydroxyl groups is 1. The molecule has 0 bridgehead atoms. The van der Waals surface area contributed by atoms with E-state index in [9.17, 15) is 9.90 Å². The second-order valence-electron chi connectivity index (χ2n) is 5.31. The van der Waals surface area contributed by atoms with Gasteiger partial charge in [0.05, 0.1) is 18.7 Å². The molecular formula is C13H19N3O2S. The van der Waals surface area contributed by atoms with Crippen molar-refractivity contribution in [2.45, 2.75) is 37.8 Å². The van der Waals surface area contributed by atoms with Gasteiger partial charge >= 0.3 is 6.03 Å². The maximum atomic E-state index is 12.3. The van der Waals surface area contributed by atoms with Gasteiger partial charge in [-0.25, -0.2) is 9.78 Å². The summed E-state index contributed by atoms with van der Waals surface area (Å²) in [6, 6.07) is -0.0211. The summed E-state index contributed by atoms with van der Waals surface area (Å²) in [5.74, 6) is 0.533. The van der Waals surface area contributed by atoms with Crippen LogP contribution in [0.2, 0.25) is 0 Å². The number of rotatable bonds is 4. The van der Waals surface area contributed by atoms with Crippen molar-refractivity contribution in [2.24, 2.45) is 5.92 Å². The molecule has 2 N–H and O–H groups in total. The van der Waals surface area contributed by atoms with Gasteiger partial charge in [0.1, 0.15) is 5.01 Å². The molecule has 0 aromatic carbocycles. The number of carbonyl (C=O) groups is 1. The number of hydrogen-bond acceptors (Lipinski definition) is 4. The van der Waals surface area contributed by atoms with E-state index in [-0.39, 0.29) is 24.7 Å². The normalized spacial score (nSPS) is 24.5. The van der Waals surface area contributed by atoms with Gasteiger partial charge in [-0.15, -0.1) is 11.3 Å². The third-order valence-electron chi connectivity index (χ3n) is 3.94. The third kappa shape index (κ3) is 2.74. The van der Waals surface area contributed by atoms with E-state index in [1.807, 2.05) is 5.38 Å². The Morgan fingerprint density at radius 1 is 1.58 bits per heavy atom. The lowest BCUT2D eigenvalue weighted by Crippen LogP contribution is -2.45. The fourth-order valence-corrected chi connectivity index (χ4v) is 3.49. The molecule has 2 aliphatic rings. The molecule has 2 amide bonds. The number of likely N-dealkylation sites (tertiary alicyclic amines) is 1. The summed E-state index contributed by atoms with van der Waals surface area (Å²) < 4.78 is 0. The summed E-state index contributed by atoms with van der Waals surface area (Å²) in [7, 11) is 0. The molecule has 19 heavy (non-hydrogen) atoms. The van der Waals surface area contributed by atoms with E-state index in [2.05, 4.69) is 10.3 Å². The summed E-state index contributed by atoms with van der Waals surface area (Å²) >= 11 is 1.60. The van der Waals surface area contributed by atoms with Crippen LogP contribution in [0.5, 0.6) is 0 Å². The second-order valence-corrected chi connectivity index (χ2v) is 6.23. The zero-order valence-corrected chi connectivity index (χ0v) is 11.6. The average Bonchev–Trinajstić information content (AvgIpc) is 2.95. The molecule has 1 aromatic heterocycles. The fraction of sp³-hybridized carbons (Fsp3) is 0.692. The topological polar surface area (TPSA) is 65.5 Å². The van der Waals surface area contributed by atoms with Gasteiger partial charge in [-0.1, -0.05) is 0 Å². The minimum absolute atomic E-state index is 0.0175. The first-order chi connectivity index (χ1) is 9.29. The van der Waals surface area contributed by atoms with Crippen molar-refractivity contribution >= 4 is 17.4 Å². The Bertz CT molecular complexity index is 433.